The van der Waals surface area contributed by atoms with Crippen molar-refractivity contribution >= 4 is 29.2 Å². The lowest BCUT2D eigenvalue weighted by atomic mass is 9.85. The largest absolute Gasteiger partial charge is 0.511 e. The van der Waals surface area contributed by atoms with E-state index in [1.165, 1.54) is 0 Å². The maximum absolute atomic E-state index is 11.1. The van der Waals surface area contributed by atoms with Gasteiger partial charge in [-0.3, -0.25) is 0 Å². The summed E-state index contributed by atoms with van der Waals surface area (Å²) in [7, 11) is 0. The van der Waals surface area contributed by atoms with Gasteiger partial charge in [0.15, 0.2) is 5.06 Å². The van der Waals surface area contributed by atoms with E-state index in [9.17, 15) is 15.0 Å². The molecule has 3 N–H and O–H groups in total. The second-order valence-corrected chi connectivity index (χ2v) is 5.50. The number of halogens is 2. The molecule has 0 fully saturated rings. The van der Waals surface area contributed by atoms with Crippen LogP contribution in [-0.4, -0.2) is 26.3 Å². The second kappa shape index (κ2) is 5.48. The smallest absolute Gasteiger partial charge is 0.339 e. The number of hydrogen-bond acceptors (Lipinski definition) is 3. The van der Waals surface area contributed by atoms with Crippen LogP contribution in [0.15, 0.2) is 52.8 Å². The first kappa shape index (κ1) is 14.9. The Morgan fingerprint density at radius 1 is 1.30 bits per heavy atom. The molecule has 2 unspecified atom stereocenters. The highest BCUT2D eigenvalue weighted by Crippen LogP contribution is 2.43. The Morgan fingerprint density at radius 2 is 1.90 bits per heavy atom. The fourth-order valence-electron chi connectivity index (χ4n) is 2.09. The lowest BCUT2D eigenvalue weighted by Crippen LogP contribution is -2.38. The van der Waals surface area contributed by atoms with Gasteiger partial charge in [0, 0.05) is 0 Å². The molecule has 0 spiro atoms. The minimum atomic E-state index is -2.03. The fraction of sp³-hybridized carbons (Fsp3) is 0.214. The van der Waals surface area contributed by atoms with Gasteiger partial charge in [-0.1, -0.05) is 53.5 Å². The fourth-order valence-corrected chi connectivity index (χ4v) is 2.57. The Kier molecular flexibility index (Phi) is 4.09. The van der Waals surface area contributed by atoms with Crippen molar-refractivity contribution in [3.63, 3.8) is 0 Å². The molecule has 4 nitrogen and oxygen atoms in total. The van der Waals surface area contributed by atoms with Crippen molar-refractivity contribution in [1.29, 1.82) is 0 Å². The van der Waals surface area contributed by atoms with E-state index in [1.807, 2.05) is 6.07 Å². The molecule has 2 rings (SSSR count). The van der Waals surface area contributed by atoms with E-state index in [4.69, 9.17) is 28.3 Å². The van der Waals surface area contributed by atoms with Crippen molar-refractivity contribution in [3.8, 4) is 0 Å². The summed E-state index contributed by atoms with van der Waals surface area (Å²) in [6.45, 7) is 0. The van der Waals surface area contributed by atoms with Crippen molar-refractivity contribution < 1.29 is 20.1 Å². The van der Waals surface area contributed by atoms with Gasteiger partial charge in [-0.15, -0.1) is 0 Å². The van der Waals surface area contributed by atoms with Crippen LogP contribution < -0.4 is 0 Å². The monoisotopic (exact) mass is 314 g/mol. The van der Waals surface area contributed by atoms with Gasteiger partial charge in [-0.05, 0) is 18.1 Å². The first-order valence-corrected chi connectivity index (χ1v) is 6.59. The summed E-state index contributed by atoms with van der Waals surface area (Å²) in [4.78, 5) is 11.1. The Labute approximate surface area is 125 Å². The molecule has 0 radical (unpaired) electrons. The second-order valence-electron chi connectivity index (χ2n) is 4.51. The van der Waals surface area contributed by atoms with Gasteiger partial charge < -0.3 is 15.3 Å². The zero-order chi connectivity index (χ0) is 14.9. The Hall–Kier alpha value is -1.49. The van der Waals surface area contributed by atoms with Crippen molar-refractivity contribution in [1.82, 2.24) is 0 Å². The number of aliphatic hydroxyl groups is 2. The third kappa shape index (κ3) is 2.68. The molecule has 1 aromatic rings. The summed E-state index contributed by atoms with van der Waals surface area (Å²) in [6, 6.07) is 8.98. The molecule has 0 amide bonds. The first-order valence-electron chi connectivity index (χ1n) is 5.83. The number of carboxylic acid groups (broad SMARTS) is 1. The molecular formula is C14H12Cl2O4. The van der Waals surface area contributed by atoms with E-state index in [2.05, 4.69) is 0 Å². The highest BCUT2D eigenvalue weighted by atomic mass is 35.5. The van der Waals surface area contributed by atoms with Crippen molar-refractivity contribution in [2.75, 3.05) is 0 Å². The lowest BCUT2D eigenvalue weighted by molar-refractivity contribution is -0.132. The topological polar surface area (TPSA) is 77.8 Å². The normalized spacial score (nSPS) is 26.4. The molecule has 0 saturated carbocycles. The molecule has 1 aliphatic carbocycles. The minimum Gasteiger partial charge on any atom is -0.511 e. The first-order chi connectivity index (χ1) is 9.34. The molecule has 0 bridgehead atoms. The van der Waals surface area contributed by atoms with Crippen LogP contribution in [0.1, 0.15) is 5.56 Å². The summed E-state index contributed by atoms with van der Waals surface area (Å²) in [5.74, 6) is -2.84. The van der Waals surface area contributed by atoms with E-state index >= 15 is 0 Å². The summed E-state index contributed by atoms with van der Waals surface area (Å²) < 4.78 is 0. The predicted octanol–water partition coefficient (Wildman–Crippen LogP) is 2.81. The van der Waals surface area contributed by atoms with Crippen molar-refractivity contribution in [2.24, 2.45) is 5.92 Å². The number of alkyl halides is 1. The number of carbonyl (C=O) groups is 1. The highest BCUT2D eigenvalue weighted by Gasteiger charge is 2.45. The van der Waals surface area contributed by atoms with E-state index in [1.54, 1.807) is 24.3 Å². The van der Waals surface area contributed by atoms with Crippen LogP contribution in [0.5, 0.6) is 0 Å². The number of aliphatic carboxylic acids is 1. The Bertz CT molecular complexity index is 590. The van der Waals surface area contributed by atoms with Crippen LogP contribution in [0, 0.1) is 5.92 Å². The van der Waals surface area contributed by atoms with Crippen LogP contribution in [0.3, 0.4) is 0 Å². The molecule has 1 aliphatic rings. The third-order valence-electron chi connectivity index (χ3n) is 3.19. The zero-order valence-electron chi connectivity index (χ0n) is 10.3. The van der Waals surface area contributed by atoms with Crippen LogP contribution in [0.2, 0.25) is 0 Å². The molecule has 20 heavy (non-hydrogen) atoms. The predicted molar refractivity (Wildman–Crippen MR) is 75.7 cm³/mol. The third-order valence-corrected chi connectivity index (χ3v) is 4.15. The van der Waals surface area contributed by atoms with Gasteiger partial charge in [0.25, 0.3) is 0 Å². The highest BCUT2D eigenvalue weighted by molar-refractivity contribution is 6.39. The van der Waals surface area contributed by atoms with Gasteiger partial charge in [0.1, 0.15) is 5.76 Å². The van der Waals surface area contributed by atoms with Gasteiger partial charge in [0.05, 0.1) is 16.5 Å². The zero-order valence-corrected chi connectivity index (χ0v) is 11.8. The lowest BCUT2D eigenvalue weighted by Gasteiger charge is -2.33. The molecule has 1 aromatic carbocycles. The van der Waals surface area contributed by atoms with Crippen LogP contribution in [0.4, 0.5) is 0 Å². The van der Waals surface area contributed by atoms with Gasteiger partial charge in [0.2, 0.25) is 0 Å². The van der Waals surface area contributed by atoms with E-state index in [-0.39, 0.29) is 17.0 Å². The van der Waals surface area contributed by atoms with Crippen molar-refractivity contribution in [3.05, 3.63) is 58.3 Å². The standard InChI is InChI=1S/C14H12Cl2O4/c15-11-7-9(13(18)19)12(17)10(14(11,16)20)6-8-4-2-1-3-5-8/h1-5,7,10,17,20H,6H2,(H,18,19). The molecule has 0 aliphatic heterocycles. The van der Waals surface area contributed by atoms with Crippen LogP contribution >= 0.6 is 23.2 Å². The summed E-state index contributed by atoms with van der Waals surface area (Å²) in [6.07, 6.45) is 1.13. The molecule has 2 atom stereocenters. The maximum Gasteiger partial charge on any atom is 0.339 e. The Balaban J connectivity index is 2.43. The maximum atomic E-state index is 11.1. The van der Waals surface area contributed by atoms with E-state index < -0.39 is 22.7 Å². The van der Waals surface area contributed by atoms with E-state index in [0.717, 1.165) is 11.6 Å². The number of benzene rings is 1. The average Bonchev–Trinajstić information content (AvgIpc) is 2.40. The quantitative estimate of drug-likeness (QED) is 0.750. The molecule has 0 heterocycles. The van der Waals surface area contributed by atoms with Gasteiger partial charge in [-0.25, -0.2) is 4.79 Å². The van der Waals surface area contributed by atoms with E-state index in [0.29, 0.717) is 0 Å². The average molecular weight is 315 g/mol. The molecule has 0 aromatic heterocycles. The van der Waals surface area contributed by atoms with Gasteiger partial charge in [-0.2, -0.15) is 0 Å². The summed E-state index contributed by atoms with van der Waals surface area (Å²) >= 11 is 11.8. The molecular weight excluding hydrogens is 303 g/mol. The SMILES string of the molecule is O=C(O)C1=C(O)C(Cc2ccccc2)C(O)(Cl)C(Cl)=C1. The van der Waals surface area contributed by atoms with Crippen molar-refractivity contribution in [2.45, 2.75) is 11.5 Å². The summed E-state index contributed by atoms with van der Waals surface area (Å²) in [5, 5.41) is 27.1. The summed E-state index contributed by atoms with van der Waals surface area (Å²) in [5.41, 5.74) is 0.431. The molecule has 6 heteroatoms. The molecule has 0 saturated heterocycles. The number of aliphatic hydroxyl groups excluding tert-OH is 1. The van der Waals surface area contributed by atoms with Gasteiger partial charge >= 0.3 is 5.97 Å². The van der Waals surface area contributed by atoms with Crippen LogP contribution in [-0.2, 0) is 11.2 Å². The number of carboxylic acids is 1. The van der Waals surface area contributed by atoms with Crippen LogP contribution in [0.25, 0.3) is 0 Å². The molecule has 106 valence electrons. The Morgan fingerprint density at radius 3 is 2.45 bits per heavy atom. The number of hydrogen-bond donors (Lipinski definition) is 3. The number of rotatable bonds is 3. The minimum absolute atomic E-state index is 0.160.